The van der Waals surface area contributed by atoms with Gasteiger partial charge in [0, 0.05) is 0 Å². The second-order valence-electron chi connectivity index (χ2n) is 28.3. The quantitative estimate of drug-likeness (QED) is 0.120. The van der Waals surface area contributed by atoms with Crippen molar-refractivity contribution in [3.63, 3.8) is 0 Å². The maximum absolute atomic E-state index is 2.59. The molecule has 17 aromatic rings. The molecule has 17 aromatic carbocycles. The van der Waals surface area contributed by atoms with Crippen molar-refractivity contribution in [1.82, 2.24) is 0 Å². The summed E-state index contributed by atoms with van der Waals surface area (Å²) in [5.41, 5.74) is 10.7. The highest BCUT2D eigenvalue weighted by atomic mass is 14.4. The Balaban J connectivity index is 1.08. The van der Waals surface area contributed by atoms with Crippen LogP contribution in [0.5, 0.6) is 0 Å². The molecule has 384 valence electrons. The number of hydrogen-bond donors (Lipinski definition) is 0. The van der Waals surface area contributed by atoms with E-state index in [1.165, 1.54) is 195 Å². The molecule has 0 aliphatic carbocycles. The number of fused-ring (bicyclic) bond motifs is 16. The van der Waals surface area contributed by atoms with Gasteiger partial charge in [-0.25, -0.2) is 0 Å². The molecule has 0 radical (unpaired) electrons. The van der Waals surface area contributed by atoms with E-state index < -0.39 is 0 Å². The van der Waals surface area contributed by atoms with Crippen LogP contribution in [-0.2, 0) is 21.7 Å². The van der Waals surface area contributed by atoms with Crippen LogP contribution in [0.4, 0.5) is 0 Å². The van der Waals surface area contributed by atoms with Gasteiger partial charge in [0.05, 0.1) is 0 Å². The van der Waals surface area contributed by atoms with E-state index in [-0.39, 0.29) is 21.7 Å². The van der Waals surface area contributed by atoms with Crippen LogP contribution in [0, 0.1) is 0 Å². The molecule has 0 nitrogen and oxygen atoms in total. The van der Waals surface area contributed by atoms with Gasteiger partial charge < -0.3 is 0 Å². The second-order valence-corrected chi connectivity index (χ2v) is 28.3. The fourth-order valence-corrected chi connectivity index (χ4v) is 15.8. The maximum atomic E-state index is 2.59. The lowest BCUT2D eigenvalue weighted by molar-refractivity contribution is 0.569. The van der Waals surface area contributed by atoms with Crippen LogP contribution >= 0.6 is 0 Å². The Labute approximate surface area is 467 Å². The third-order valence-corrected chi connectivity index (χ3v) is 19.5. The Kier molecular flexibility index (Phi) is 8.68. The first kappa shape index (κ1) is 46.6. The molecule has 0 bridgehead atoms. The van der Waals surface area contributed by atoms with Crippen molar-refractivity contribution >= 4 is 151 Å². The summed E-state index contributed by atoms with van der Waals surface area (Å²) in [6.45, 7) is 28.7. The average Bonchev–Trinajstić information content (AvgIpc) is 4.24. The van der Waals surface area contributed by atoms with Crippen molar-refractivity contribution in [2.75, 3.05) is 0 Å². The third-order valence-electron chi connectivity index (χ3n) is 19.5. The van der Waals surface area contributed by atoms with E-state index in [1.807, 2.05) is 0 Å². The second kappa shape index (κ2) is 14.9. The zero-order valence-corrected chi connectivity index (χ0v) is 48.2. The lowest BCUT2D eigenvalue weighted by atomic mass is 9.78. The van der Waals surface area contributed by atoms with E-state index in [4.69, 9.17) is 0 Å². The zero-order chi connectivity index (χ0) is 54.6. The summed E-state index contributed by atoms with van der Waals surface area (Å²) in [4.78, 5) is 0. The Hall–Kier alpha value is -8.32. The summed E-state index contributed by atoms with van der Waals surface area (Å²) >= 11 is 0. The molecule has 0 atom stereocenters. The minimum atomic E-state index is -0.0767. The van der Waals surface area contributed by atoms with Crippen molar-refractivity contribution < 1.29 is 0 Å². The van der Waals surface area contributed by atoms with Crippen molar-refractivity contribution in [2.45, 2.75) is 105 Å². The van der Waals surface area contributed by atoms with Crippen LogP contribution in [-0.4, -0.2) is 0 Å². The Morgan fingerprint density at radius 3 is 1.02 bits per heavy atom. The van der Waals surface area contributed by atoms with Gasteiger partial charge in [0.2, 0.25) is 0 Å². The highest BCUT2D eigenvalue weighted by Crippen LogP contribution is 2.59. The highest BCUT2D eigenvalue weighted by Gasteiger charge is 2.33. The van der Waals surface area contributed by atoms with Gasteiger partial charge in [-0.2, -0.15) is 0 Å². The van der Waals surface area contributed by atoms with Crippen molar-refractivity contribution in [3.8, 4) is 22.3 Å². The lowest BCUT2D eigenvalue weighted by Gasteiger charge is -2.27. The molecule has 0 heteroatoms. The van der Waals surface area contributed by atoms with Crippen molar-refractivity contribution in [1.29, 1.82) is 0 Å². The van der Waals surface area contributed by atoms with Gasteiger partial charge in [-0.05, 0) is 223 Å². The summed E-state index contributed by atoms with van der Waals surface area (Å²) in [5, 5.41) is 38.3. The number of rotatable bonds is 2. The standard InChI is InChI=1S/C80H64/c1-77(2,3)43-36-42(37-44(38-43)78(4,5)6)63-54-26-19-27-55-64-60(39-45(79(7,8)9)40-61(64)80(10,11)12)76(70(54)55)75-59-35-31-52-49-28-32-56-68-58(34-30-51(65(49)68)50-29-33-57(73(63)75)69(59)66(50)52)74-71-48-23-17-16-22-46(48)47-24-18-25-53(67(47)71)62(72(56)74)41-20-14-13-15-21-41/h13-40H,1-12H3. The van der Waals surface area contributed by atoms with Crippen LogP contribution in [0.1, 0.15) is 105 Å². The minimum absolute atomic E-state index is 0.0364. The zero-order valence-electron chi connectivity index (χ0n) is 48.2. The average molecular weight is 1030 g/mol. The molecule has 0 saturated heterocycles. The van der Waals surface area contributed by atoms with Crippen molar-refractivity contribution in [3.05, 3.63) is 192 Å². The van der Waals surface area contributed by atoms with Gasteiger partial charge in [0.25, 0.3) is 0 Å². The first-order valence-electron chi connectivity index (χ1n) is 29.3. The van der Waals surface area contributed by atoms with Gasteiger partial charge in [0.1, 0.15) is 0 Å². The molecular formula is C80H64. The van der Waals surface area contributed by atoms with E-state index in [0.717, 1.165) is 0 Å². The maximum Gasteiger partial charge on any atom is -0.000696 e. The molecule has 80 heavy (non-hydrogen) atoms. The summed E-state index contributed by atoms with van der Waals surface area (Å²) in [7, 11) is 0. The monoisotopic (exact) mass is 1020 g/mol. The van der Waals surface area contributed by atoms with Crippen LogP contribution in [0.2, 0.25) is 0 Å². The van der Waals surface area contributed by atoms with Gasteiger partial charge in [-0.3, -0.25) is 0 Å². The fourth-order valence-electron chi connectivity index (χ4n) is 15.8. The Morgan fingerprint density at radius 2 is 0.512 bits per heavy atom. The SMILES string of the molecule is CC(C)(C)c1cc(-c2c3cccc4c5c(C(C)(C)C)cc(C(C)(C)C)cc5c(c34)c3c4ccc5c6ccc7c8c(-c9ccccc9)c9cccc%10c%11ccccc%11c(c9%10)c8c8ccc(c9ccc(c23)c4c95)c6c78)cc(C(C)(C)C)c1. The highest BCUT2D eigenvalue weighted by molar-refractivity contribution is 6.54. The minimum Gasteiger partial charge on any atom is -0.0622 e. The van der Waals surface area contributed by atoms with E-state index >= 15 is 0 Å². The van der Waals surface area contributed by atoms with Gasteiger partial charge in [-0.1, -0.05) is 247 Å². The molecule has 0 heterocycles. The predicted octanol–water partition coefficient (Wildman–Crippen LogP) is 23.5. The molecule has 0 fully saturated rings. The molecule has 0 aromatic heterocycles. The molecule has 0 spiro atoms. The van der Waals surface area contributed by atoms with Gasteiger partial charge in [-0.15, -0.1) is 0 Å². The normalized spacial score (nSPS) is 13.8. The summed E-state index contributed by atoms with van der Waals surface area (Å²) < 4.78 is 0. The van der Waals surface area contributed by atoms with E-state index in [2.05, 4.69) is 253 Å². The topological polar surface area (TPSA) is 0 Å². The summed E-state index contributed by atoms with van der Waals surface area (Å²) in [5.74, 6) is 0. The predicted molar refractivity (Wildman–Crippen MR) is 353 cm³/mol. The van der Waals surface area contributed by atoms with Crippen LogP contribution in [0.3, 0.4) is 0 Å². The number of benzene rings is 13. The smallest absolute Gasteiger partial charge is 0.000696 e. The van der Waals surface area contributed by atoms with Crippen LogP contribution < -0.4 is 0 Å². The van der Waals surface area contributed by atoms with E-state index in [1.54, 1.807) is 0 Å². The first-order chi connectivity index (χ1) is 38.3. The summed E-state index contributed by atoms with van der Waals surface area (Å²) in [6, 6.07) is 67.4. The molecule has 0 saturated carbocycles. The first-order valence-corrected chi connectivity index (χ1v) is 29.3. The molecule has 17 rings (SSSR count). The van der Waals surface area contributed by atoms with Gasteiger partial charge in [0.15, 0.2) is 0 Å². The largest absolute Gasteiger partial charge is 0.0622 e. The summed E-state index contributed by atoms with van der Waals surface area (Å²) in [6.07, 6.45) is 0. The number of hydrogen-bond acceptors (Lipinski definition) is 0. The Morgan fingerprint density at radius 1 is 0.188 bits per heavy atom. The molecule has 0 amide bonds. The molecule has 0 N–H and O–H groups in total. The van der Waals surface area contributed by atoms with E-state index in [9.17, 15) is 0 Å². The molecule has 0 aliphatic rings. The molecular weight excluding hydrogens is 961 g/mol. The lowest BCUT2D eigenvalue weighted by Crippen LogP contribution is -2.16. The fraction of sp³-hybridized carbons (Fsp3) is 0.200. The molecule has 0 unspecified atom stereocenters. The van der Waals surface area contributed by atoms with Crippen LogP contribution in [0.15, 0.2) is 170 Å². The third kappa shape index (κ3) is 5.77. The van der Waals surface area contributed by atoms with Gasteiger partial charge >= 0.3 is 0 Å². The van der Waals surface area contributed by atoms with Crippen molar-refractivity contribution in [2.24, 2.45) is 0 Å². The van der Waals surface area contributed by atoms with Crippen LogP contribution in [0.25, 0.3) is 173 Å². The molecule has 0 aliphatic heterocycles. The van der Waals surface area contributed by atoms with E-state index in [0.29, 0.717) is 0 Å². The Bertz CT molecular complexity index is 5470.